The summed E-state index contributed by atoms with van der Waals surface area (Å²) in [6.45, 7) is 16.7. The van der Waals surface area contributed by atoms with Crippen LogP contribution >= 0.6 is 0 Å². The summed E-state index contributed by atoms with van der Waals surface area (Å²) >= 11 is 0. The molecule has 7 heteroatoms. The second-order valence-electron chi connectivity index (χ2n) is 16.9. The van der Waals surface area contributed by atoms with Crippen molar-refractivity contribution in [1.29, 1.82) is 0 Å². The molecule has 6 fully saturated rings. The Morgan fingerprint density at radius 3 is 1.51 bits per heavy atom. The van der Waals surface area contributed by atoms with Gasteiger partial charge in [-0.25, -0.2) is 0 Å². The van der Waals surface area contributed by atoms with Crippen LogP contribution in [-0.2, 0) is 17.9 Å². The molecule has 0 bridgehead atoms. The lowest BCUT2D eigenvalue weighted by Crippen LogP contribution is -2.45. The van der Waals surface area contributed by atoms with Crippen molar-refractivity contribution in [1.82, 2.24) is 29.8 Å². The van der Waals surface area contributed by atoms with Gasteiger partial charge in [-0.05, 0) is 159 Å². The molecule has 0 saturated carbocycles. The van der Waals surface area contributed by atoms with Gasteiger partial charge in [0.1, 0.15) is 5.78 Å². The Labute approximate surface area is 311 Å². The number of nitrogens with one attached hydrogen (secondary N) is 1. The highest BCUT2D eigenvalue weighted by atomic mass is 16.1. The van der Waals surface area contributed by atoms with Crippen molar-refractivity contribution in [2.45, 2.75) is 83.3 Å². The van der Waals surface area contributed by atoms with Gasteiger partial charge in [-0.1, -0.05) is 60.7 Å². The molecule has 2 aromatic carbocycles. The van der Waals surface area contributed by atoms with Crippen LogP contribution in [0.4, 0.5) is 0 Å². The highest BCUT2D eigenvalue weighted by Crippen LogP contribution is 2.34. The zero-order valence-electron chi connectivity index (χ0n) is 32.3. The number of nitrogens with zero attached hydrogens (tertiary/aromatic N) is 5. The molecule has 6 aliphatic heterocycles. The summed E-state index contributed by atoms with van der Waals surface area (Å²) in [5, 5.41) is 3.45. The van der Waals surface area contributed by atoms with E-state index in [1.807, 2.05) is 18.2 Å². The molecule has 8 rings (SSSR count). The summed E-state index contributed by atoms with van der Waals surface area (Å²) < 4.78 is 0. The molecule has 0 aliphatic carbocycles. The first kappa shape index (κ1) is 38.6. The van der Waals surface area contributed by atoms with E-state index in [1.54, 1.807) is 0 Å². The van der Waals surface area contributed by atoms with E-state index in [0.717, 1.165) is 55.8 Å². The molecule has 1 atom stereocenters. The molecule has 1 N–H and O–H groups in total. The van der Waals surface area contributed by atoms with Gasteiger partial charge < -0.3 is 15.1 Å². The maximum Gasteiger partial charge on any atom is 0.148 e. The smallest absolute Gasteiger partial charge is 0.148 e. The van der Waals surface area contributed by atoms with Crippen LogP contribution in [0.1, 0.15) is 75.3 Å². The van der Waals surface area contributed by atoms with Crippen LogP contribution in [-0.4, -0.2) is 129 Å². The molecular formula is C44H70N6O. The number of carbonyl (C=O) groups is 1. The Kier molecular flexibility index (Phi) is 15.4. The SMILES string of the molecule is CN1CCC(C2CCN(C3CCN(Cc4ccccc4)C3)CC2)CC1.CN1CCC(C2CCNCC2)CC1.O=C1CCN(Cc2ccccc2)C1. The van der Waals surface area contributed by atoms with Crippen molar-refractivity contribution < 1.29 is 4.79 Å². The van der Waals surface area contributed by atoms with Crippen molar-refractivity contribution in [2.75, 3.05) is 92.6 Å². The van der Waals surface area contributed by atoms with Crippen molar-refractivity contribution >= 4 is 5.78 Å². The molecule has 0 radical (unpaired) electrons. The number of hydrogen-bond donors (Lipinski definition) is 1. The Morgan fingerprint density at radius 2 is 1.02 bits per heavy atom. The Balaban J connectivity index is 0.000000145. The first-order chi connectivity index (χ1) is 25.0. The van der Waals surface area contributed by atoms with Crippen molar-refractivity contribution in [2.24, 2.45) is 23.7 Å². The van der Waals surface area contributed by atoms with Crippen molar-refractivity contribution in [3.63, 3.8) is 0 Å². The lowest BCUT2D eigenvalue weighted by atomic mass is 9.78. The summed E-state index contributed by atoms with van der Waals surface area (Å²) in [5.41, 5.74) is 2.75. The molecule has 51 heavy (non-hydrogen) atoms. The second-order valence-corrected chi connectivity index (χ2v) is 16.9. The number of Topliss-reactive ketones (excluding diaryl/α,β-unsaturated/α-hetero) is 1. The average Bonchev–Trinajstić information content (AvgIpc) is 3.82. The second kappa shape index (κ2) is 20.4. The molecule has 6 aliphatic rings. The van der Waals surface area contributed by atoms with Crippen LogP contribution in [0, 0.1) is 23.7 Å². The highest BCUT2D eigenvalue weighted by Gasteiger charge is 2.33. The van der Waals surface area contributed by atoms with Gasteiger partial charge in [0.15, 0.2) is 0 Å². The highest BCUT2D eigenvalue weighted by molar-refractivity contribution is 5.82. The van der Waals surface area contributed by atoms with Gasteiger partial charge in [-0.2, -0.15) is 0 Å². The molecule has 0 spiro atoms. The summed E-state index contributed by atoms with van der Waals surface area (Å²) in [6.07, 6.45) is 13.6. The molecule has 7 nitrogen and oxygen atoms in total. The minimum absolute atomic E-state index is 0.371. The molecule has 0 aromatic heterocycles. The number of likely N-dealkylation sites (tertiary alicyclic amines) is 5. The fraction of sp³-hybridized carbons (Fsp3) is 0.705. The predicted octanol–water partition coefficient (Wildman–Crippen LogP) is 6.10. The molecule has 282 valence electrons. The number of carbonyl (C=O) groups excluding carboxylic acids is 1. The zero-order chi connectivity index (χ0) is 35.3. The number of ketones is 1. The van der Waals surface area contributed by atoms with Gasteiger partial charge in [-0.15, -0.1) is 0 Å². The largest absolute Gasteiger partial charge is 0.317 e. The monoisotopic (exact) mass is 699 g/mol. The molecule has 6 saturated heterocycles. The number of rotatable bonds is 7. The number of benzene rings is 2. The van der Waals surface area contributed by atoms with Crippen molar-refractivity contribution in [3.8, 4) is 0 Å². The average molecular weight is 699 g/mol. The minimum Gasteiger partial charge on any atom is -0.317 e. The van der Waals surface area contributed by atoms with Crippen LogP contribution < -0.4 is 5.32 Å². The van der Waals surface area contributed by atoms with Gasteiger partial charge in [0.05, 0.1) is 6.54 Å². The van der Waals surface area contributed by atoms with Gasteiger partial charge in [0, 0.05) is 45.2 Å². The molecular weight excluding hydrogens is 629 g/mol. The van der Waals surface area contributed by atoms with E-state index in [4.69, 9.17) is 0 Å². The van der Waals surface area contributed by atoms with Crippen LogP contribution in [0.5, 0.6) is 0 Å². The normalized spacial score (nSPS) is 26.1. The summed E-state index contributed by atoms with van der Waals surface area (Å²) in [4.78, 5) is 23.6. The summed E-state index contributed by atoms with van der Waals surface area (Å²) in [5.74, 6) is 4.47. The quantitative estimate of drug-likeness (QED) is 0.375. The molecule has 6 heterocycles. The fourth-order valence-electron chi connectivity index (χ4n) is 9.83. The van der Waals surface area contributed by atoms with E-state index in [9.17, 15) is 4.79 Å². The van der Waals surface area contributed by atoms with Crippen LogP contribution in [0.25, 0.3) is 0 Å². The molecule has 1 unspecified atom stereocenters. The number of hydrogen-bond acceptors (Lipinski definition) is 7. The van der Waals surface area contributed by atoms with E-state index in [1.165, 1.54) is 134 Å². The van der Waals surface area contributed by atoms with Crippen LogP contribution in [0.2, 0.25) is 0 Å². The zero-order valence-corrected chi connectivity index (χ0v) is 32.3. The first-order valence-electron chi connectivity index (χ1n) is 20.8. The third kappa shape index (κ3) is 12.5. The Morgan fingerprint density at radius 1 is 0.549 bits per heavy atom. The Hall–Kier alpha value is -2.13. The van der Waals surface area contributed by atoms with Crippen LogP contribution in [0.3, 0.4) is 0 Å². The van der Waals surface area contributed by atoms with E-state index in [-0.39, 0.29) is 0 Å². The van der Waals surface area contributed by atoms with Crippen molar-refractivity contribution in [3.05, 3.63) is 71.8 Å². The number of piperidine rings is 4. The lowest BCUT2D eigenvalue weighted by molar-refractivity contribution is -0.116. The van der Waals surface area contributed by atoms with E-state index < -0.39 is 0 Å². The van der Waals surface area contributed by atoms with E-state index >= 15 is 0 Å². The predicted molar refractivity (Wildman–Crippen MR) is 212 cm³/mol. The minimum atomic E-state index is 0.371. The van der Waals surface area contributed by atoms with E-state index in [0.29, 0.717) is 12.3 Å². The Bertz CT molecular complexity index is 1250. The summed E-state index contributed by atoms with van der Waals surface area (Å²) in [6, 6.07) is 22.1. The van der Waals surface area contributed by atoms with Gasteiger partial charge in [0.2, 0.25) is 0 Å². The van der Waals surface area contributed by atoms with Gasteiger partial charge in [-0.3, -0.25) is 19.5 Å². The molecule has 2 aromatic rings. The maximum atomic E-state index is 11.0. The standard InChI is InChI=1S/C22H35N3.C11H22N2.C11H13NO/c1-23-12-7-20(8-13-23)21-9-15-25(16-10-21)22-11-14-24(18-22)17-19-5-3-2-4-6-19;1-13-8-4-11(5-9-13)10-2-6-12-7-3-10;13-11-6-7-12(9-11)8-10-4-2-1-3-5-10/h2-6,20-22H,7-18H2,1H3;10-12H,2-9H2,1H3;1-5H,6-9H2. The van der Waals surface area contributed by atoms with Gasteiger partial charge in [0.25, 0.3) is 0 Å². The first-order valence-corrected chi connectivity index (χ1v) is 20.8. The van der Waals surface area contributed by atoms with E-state index in [2.05, 4.69) is 86.4 Å². The lowest BCUT2D eigenvalue weighted by Gasteiger charge is -2.41. The molecule has 0 amide bonds. The third-order valence-corrected chi connectivity index (χ3v) is 13.2. The van der Waals surface area contributed by atoms with Gasteiger partial charge >= 0.3 is 0 Å². The fourth-order valence-corrected chi connectivity index (χ4v) is 9.83. The van der Waals surface area contributed by atoms with Crippen LogP contribution in [0.15, 0.2) is 60.7 Å². The topological polar surface area (TPSA) is 45.3 Å². The third-order valence-electron chi connectivity index (χ3n) is 13.2. The summed E-state index contributed by atoms with van der Waals surface area (Å²) in [7, 11) is 4.53. The maximum absolute atomic E-state index is 11.0.